The monoisotopic (exact) mass is 285 g/mol. The number of anilines is 1. The Morgan fingerprint density at radius 3 is 2.95 bits per heavy atom. The molecule has 0 aromatic carbocycles. The summed E-state index contributed by atoms with van der Waals surface area (Å²) >= 11 is 0. The molecule has 1 aromatic rings. The van der Waals surface area contributed by atoms with Gasteiger partial charge in [-0.15, -0.1) is 0 Å². The van der Waals surface area contributed by atoms with E-state index in [4.69, 9.17) is 5.73 Å². The van der Waals surface area contributed by atoms with E-state index < -0.39 is 10.0 Å². The molecule has 3 rings (SSSR count). The molecule has 0 saturated carbocycles. The number of fused-ring (bicyclic) bond motifs is 1. The van der Waals surface area contributed by atoms with E-state index in [2.05, 4.69) is 15.5 Å². The quantitative estimate of drug-likeness (QED) is 0.636. The highest BCUT2D eigenvalue weighted by molar-refractivity contribution is 7.89. The first-order valence-corrected chi connectivity index (χ1v) is 7.54. The van der Waals surface area contributed by atoms with Crippen molar-refractivity contribution in [3.8, 4) is 0 Å². The standard InChI is InChI=1S/C10H15N5O3S/c11-9-8(5-13-14-9)19(17,18)15-3-1-2-6-7(15)4-12-10(6)16/h5-7H,1-4H2,(H,12,16)(H3,11,13,14). The molecule has 8 nitrogen and oxygen atoms in total. The largest absolute Gasteiger partial charge is 0.383 e. The molecular weight excluding hydrogens is 270 g/mol. The number of nitrogens with zero attached hydrogens (tertiary/aromatic N) is 2. The smallest absolute Gasteiger partial charge is 0.248 e. The lowest BCUT2D eigenvalue weighted by Gasteiger charge is -2.34. The SMILES string of the molecule is Nc1[nH]ncc1S(=O)(=O)N1CCCC2C(=O)NCC21. The Morgan fingerprint density at radius 2 is 2.26 bits per heavy atom. The minimum absolute atomic E-state index is 0.0208. The minimum Gasteiger partial charge on any atom is -0.383 e. The molecule has 2 atom stereocenters. The Bertz CT molecular complexity index is 610. The van der Waals surface area contributed by atoms with E-state index in [1.807, 2.05) is 0 Å². The molecule has 1 amide bonds. The Hall–Kier alpha value is -1.61. The van der Waals surface area contributed by atoms with Gasteiger partial charge in [0.15, 0.2) is 0 Å². The lowest BCUT2D eigenvalue weighted by molar-refractivity contribution is -0.123. The van der Waals surface area contributed by atoms with E-state index >= 15 is 0 Å². The zero-order valence-corrected chi connectivity index (χ0v) is 11.0. The highest BCUT2D eigenvalue weighted by atomic mass is 32.2. The first-order chi connectivity index (χ1) is 9.01. The lowest BCUT2D eigenvalue weighted by Crippen LogP contribution is -2.48. The number of carbonyl (C=O) groups excluding carboxylic acids is 1. The fourth-order valence-electron chi connectivity index (χ4n) is 2.83. The van der Waals surface area contributed by atoms with Crippen LogP contribution >= 0.6 is 0 Å². The van der Waals surface area contributed by atoms with Crippen LogP contribution in [0.2, 0.25) is 0 Å². The molecule has 0 bridgehead atoms. The summed E-state index contributed by atoms with van der Waals surface area (Å²) in [6.07, 6.45) is 2.60. The second kappa shape index (κ2) is 4.20. The van der Waals surface area contributed by atoms with Crippen LogP contribution in [0, 0.1) is 5.92 Å². The summed E-state index contributed by atoms with van der Waals surface area (Å²) in [5, 5.41) is 8.79. The summed E-state index contributed by atoms with van der Waals surface area (Å²) in [7, 11) is -3.70. The van der Waals surface area contributed by atoms with Crippen LogP contribution in [0.5, 0.6) is 0 Å². The number of sulfonamides is 1. The molecule has 9 heteroatoms. The number of aromatic amines is 1. The average Bonchev–Trinajstić information content (AvgIpc) is 2.96. The molecule has 0 spiro atoms. The van der Waals surface area contributed by atoms with Crippen molar-refractivity contribution in [2.45, 2.75) is 23.8 Å². The van der Waals surface area contributed by atoms with E-state index in [1.165, 1.54) is 10.5 Å². The number of nitrogens with one attached hydrogen (secondary N) is 2. The number of hydrogen-bond acceptors (Lipinski definition) is 5. The first kappa shape index (κ1) is 12.4. The number of nitrogen functional groups attached to an aromatic ring is 1. The zero-order valence-electron chi connectivity index (χ0n) is 10.2. The third-order valence-electron chi connectivity index (χ3n) is 3.77. The van der Waals surface area contributed by atoms with E-state index in [0.29, 0.717) is 19.5 Å². The third-order valence-corrected chi connectivity index (χ3v) is 5.72. The Kier molecular flexibility index (Phi) is 2.75. The molecular formula is C10H15N5O3S. The predicted octanol–water partition coefficient (Wildman–Crippen LogP) is -1.11. The zero-order chi connectivity index (χ0) is 13.6. The van der Waals surface area contributed by atoms with Gasteiger partial charge < -0.3 is 11.1 Å². The van der Waals surface area contributed by atoms with Gasteiger partial charge in [-0.05, 0) is 12.8 Å². The molecule has 2 aliphatic rings. The van der Waals surface area contributed by atoms with Gasteiger partial charge in [0.2, 0.25) is 15.9 Å². The van der Waals surface area contributed by atoms with Gasteiger partial charge in [0, 0.05) is 13.1 Å². The summed E-state index contributed by atoms with van der Waals surface area (Å²) in [4.78, 5) is 11.6. The number of carbonyl (C=O) groups is 1. The van der Waals surface area contributed by atoms with Crippen molar-refractivity contribution in [2.75, 3.05) is 18.8 Å². The lowest BCUT2D eigenvalue weighted by atomic mass is 9.93. The van der Waals surface area contributed by atoms with Gasteiger partial charge in [-0.25, -0.2) is 8.42 Å². The summed E-state index contributed by atoms with van der Waals surface area (Å²) in [6.45, 7) is 0.767. The second-order valence-electron chi connectivity index (χ2n) is 4.82. The highest BCUT2D eigenvalue weighted by Crippen LogP contribution is 2.32. The first-order valence-electron chi connectivity index (χ1n) is 6.10. The Labute approximate surface area is 110 Å². The van der Waals surface area contributed by atoms with Gasteiger partial charge in [-0.2, -0.15) is 9.40 Å². The number of nitrogens with two attached hydrogens (primary N) is 1. The van der Waals surface area contributed by atoms with Crippen LogP contribution in [-0.2, 0) is 14.8 Å². The van der Waals surface area contributed by atoms with E-state index in [-0.39, 0.29) is 28.6 Å². The molecule has 2 unspecified atom stereocenters. The minimum atomic E-state index is -3.70. The number of rotatable bonds is 2. The van der Waals surface area contributed by atoms with Crippen LogP contribution in [0.25, 0.3) is 0 Å². The van der Waals surface area contributed by atoms with Crippen LogP contribution in [0.15, 0.2) is 11.1 Å². The van der Waals surface area contributed by atoms with Crippen molar-refractivity contribution in [1.82, 2.24) is 19.8 Å². The molecule has 19 heavy (non-hydrogen) atoms. The van der Waals surface area contributed by atoms with Crippen molar-refractivity contribution < 1.29 is 13.2 Å². The van der Waals surface area contributed by atoms with Crippen LogP contribution in [0.1, 0.15) is 12.8 Å². The normalized spacial score (nSPS) is 28.1. The third kappa shape index (κ3) is 1.80. The fourth-order valence-corrected chi connectivity index (χ4v) is 4.54. The molecule has 104 valence electrons. The average molecular weight is 285 g/mol. The van der Waals surface area contributed by atoms with E-state index in [0.717, 1.165) is 6.42 Å². The summed E-state index contributed by atoms with van der Waals surface area (Å²) in [5.74, 6) is -0.291. The summed E-state index contributed by atoms with van der Waals surface area (Å²) in [5.41, 5.74) is 5.59. The number of piperidine rings is 1. The molecule has 0 aliphatic carbocycles. The maximum absolute atomic E-state index is 12.6. The number of amides is 1. The van der Waals surface area contributed by atoms with Crippen molar-refractivity contribution in [1.29, 1.82) is 0 Å². The van der Waals surface area contributed by atoms with Crippen molar-refractivity contribution in [3.05, 3.63) is 6.20 Å². The maximum atomic E-state index is 12.6. The van der Waals surface area contributed by atoms with Gasteiger partial charge in [0.05, 0.1) is 18.2 Å². The number of hydrogen-bond donors (Lipinski definition) is 3. The topological polar surface area (TPSA) is 121 Å². The van der Waals surface area contributed by atoms with E-state index in [1.54, 1.807) is 0 Å². The molecule has 2 fully saturated rings. The van der Waals surface area contributed by atoms with Crippen LogP contribution in [0.4, 0.5) is 5.82 Å². The number of H-pyrrole nitrogens is 1. The molecule has 0 radical (unpaired) electrons. The van der Waals surface area contributed by atoms with Gasteiger partial charge in [-0.3, -0.25) is 9.89 Å². The Balaban J connectivity index is 1.97. The molecule has 2 aliphatic heterocycles. The molecule has 2 saturated heterocycles. The van der Waals surface area contributed by atoms with Crippen LogP contribution < -0.4 is 11.1 Å². The molecule has 1 aromatic heterocycles. The van der Waals surface area contributed by atoms with E-state index in [9.17, 15) is 13.2 Å². The van der Waals surface area contributed by atoms with Gasteiger partial charge in [0.1, 0.15) is 10.7 Å². The fraction of sp³-hybridized carbons (Fsp3) is 0.600. The summed E-state index contributed by atoms with van der Waals surface area (Å²) < 4.78 is 26.5. The van der Waals surface area contributed by atoms with Gasteiger partial charge >= 0.3 is 0 Å². The highest BCUT2D eigenvalue weighted by Gasteiger charge is 2.46. The van der Waals surface area contributed by atoms with Crippen LogP contribution in [0.3, 0.4) is 0 Å². The van der Waals surface area contributed by atoms with Gasteiger partial charge in [0.25, 0.3) is 0 Å². The molecule has 3 heterocycles. The molecule has 4 N–H and O–H groups in total. The van der Waals surface area contributed by atoms with Crippen molar-refractivity contribution >= 4 is 21.7 Å². The van der Waals surface area contributed by atoms with Gasteiger partial charge in [-0.1, -0.05) is 0 Å². The number of aromatic nitrogens is 2. The van der Waals surface area contributed by atoms with Crippen molar-refractivity contribution in [3.63, 3.8) is 0 Å². The Morgan fingerprint density at radius 1 is 1.47 bits per heavy atom. The summed E-state index contributed by atoms with van der Waals surface area (Å²) in [6, 6.07) is -0.319. The predicted molar refractivity (Wildman–Crippen MR) is 66.4 cm³/mol. The second-order valence-corrected chi connectivity index (χ2v) is 6.68. The maximum Gasteiger partial charge on any atom is 0.248 e. The van der Waals surface area contributed by atoms with Crippen molar-refractivity contribution in [2.24, 2.45) is 5.92 Å². The van der Waals surface area contributed by atoms with Crippen LogP contribution in [-0.4, -0.2) is 48.0 Å².